The Morgan fingerprint density at radius 3 is 1.12 bits per heavy atom. The van der Waals surface area contributed by atoms with E-state index in [2.05, 4.69) is 0 Å². The van der Waals surface area contributed by atoms with E-state index >= 15 is 0 Å². The Hall–Kier alpha value is -15.1. The average molecular weight is 2090 g/mol. The molecule has 0 amide bonds. The highest BCUT2D eigenvalue weighted by molar-refractivity contribution is 8.00. The molecule has 742 valence electrons. The van der Waals surface area contributed by atoms with Gasteiger partial charge in [0.2, 0.25) is 0 Å². The molecule has 2 aliphatic carbocycles. The van der Waals surface area contributed by atoms with Gasteiger partial charge in [-0.25, -0.2) is 24.0 Å². The first-order valence-corrected chi connectivity index (χ1v) is 51.5. The lowest BCUT2D eigenvalue weighted by atomic mass is 10.1. The third-order valence-electron chi connectivity index (χ3n) is 27.2. The first-order valence-electron chi connectivity index (χ1n) is 47.0. The molecule has 0 spiro atoms. The number of fused-ring (bicyclic) bond motifs is 12. The molecular formula is C112H85ClF3N5O21S5. The molecule has 25 rings (SSSR count). The number of aryl methyl sites for hydroxylation is 1. The molecule has 4 unspecified atom stereocenters. The predicted octanol–water partition coefficient (Wildman–Crippen LogP) is 24.3. The normalized spacial score (nSPS) is 15.3. The van der Waals surface area contributed by atoms with Gasteiger partial charge >= 0.3 is 34.3 Å². The number of alkyl halides is 3. The van der Waals surface area contributed by atoms with E-state index in [1.54, 1.807) is 96.7 Å². The van der Waals surface area contributed by atoms with E-state index in [1.165, 1.54) is 12.1 Å². The van der Waals surface area contributed by atoms with Crippen LogP contribution in [0.4, 0.5) is 13.2 Å². The highest BCUT2D eigenvalue weighted by Gasteiger charge is 2.38. The SMILES string of the molecule is CC(C1CC1)n1c(=O)c2c(O)c(Sc3ccccc3)c(=O)oc2c2ccccc21.CC1Cc2cccc3c4oc(=O)c(Sc5cccc(C(F)(F)F)c5)c(O)c4c(=O)n1c23.CC1Cc2cccc3c4oc(=O)c(Sc5cccc(Cl)c5)c(O)c4c(=O)n1c23.COc1cccc(Sc2c(O)c3c(=O)n4c5c(cccc5c3oc2=O)CC4C)c1.Cc1cccc(Sc2c(O)c3c(=O)n(C4CCCC4)c4ccccc4c3oc2=O)c1. The van der Waals surface area contributed by atoms with Crippen molar-refractivity contribution in [3.05, 3.63) is 367 Å². The summed E-state index contributed by atoms with van der Waals surface area (Å²) in [6, 6.07) is 66.6. The van der Waals surface area contributed by atoms with Crippen molar-refractivity contribution in [2.45, 2.75) is 178 Å². The monoisotopic (exact) mass is 2090 g/mol. The number of halogens is 4. The van der Waals surface area contributed by atoms with E-state index in [0.29, 0.717) is 77.1 Å². The number of hydrogen-bond acceptors (Lipinski definition) is 26. The molecule has 0 radical (unpaired) electrons. The predicted molar refractivity (Wildman–Crippen MR) is 564 cm³/mol. The Balaban J connectivity index is 0.000000108. The smallest absolute Gasteiger partial charge is 0.416 e. The Labute approximate surface area is 854 Å². The fraction of sp³-hybridized carbons (Fsp3) is 0.196. The summed E-state index contributed by atoms with van der Waals surface area (Å²) >= 11 is 10.9. The maximum atomic E-state index is 13.6. The molecular weight excluding hydrogens is 2000 g/mol. The average Bonchev–Trinajstić information content (AvgIpc) is 1.64. The number of aromatic nitrogens is 5. The number of nitrogens with zero attached hydrogens (tertiary/aromatic N) is 5. The second-order valence-electron chi connectivity index (χ2n) is 36.7. The number of methoxy groups -OCH3 is 1. The van der Waals surface area contributed by atoms with Crippen LogP contribution in [0.3, 0.4) is 0 Å². The quantitative estimate of drug-likeness (QED) is 0.0631. The summed E-state index contributed by atoms with van der Waals surface area (Å²) < 4.78 is 80.5. The molecule has 147 heavy (non-hydrogen) atoms. The van der Waals surface area contributed by atoms with Crippen molar-refractivity contribution >= 4 is 180 Å². The van der Waals surface area contributed by atoms with Crippen LogP contribution in [-0.2, 0) is 25.4 Å². The molecule has 35 heteroatoms. The van der Waals surface area contributed by atoms with Gasteiger partial charge in [-0.1, -0.05) is 198 Å². The number of aromatic hydroxyl groups is 5. The molecule has 3 aliphatic heterocycles. The van der Waals surface area contributed by atoms with E-state index in [1.807, 2.05) is 174 Å². The van der Waals surface area contributed by atoms with Crippen molar-refractivity contribution in [1.29, 1.82) is 0 Å². The number of benzene rings is 10. The number of ether oxygens (including phenoxy) is 1. The van der Waals surface area contributed by atoms with Gasteiger partial charge in [-0.15, -0.1) is 0 Å². The van der Waals surface area contributed by atoms with Crippen LogP contribution in [0, 0.1) is 12.8 Å². The highest BCUT2D eigenvalue weighted by Crippen LogP contribution is 2.49. The van der Waals surface area contributed by atoms with Crippen LogP contribution in [0.15, 0.2) is 350 Å². The summed E-state index contributed by atoms with van der Waals surface area (Å²) in [6.45, 7) is 9.80. The largest absolute Gasteiger partial charge is 0.505 e. The molecule has 26 nitrogen and oxygen atoms in total. The van der Waals surface area contributed by atoms with Gasteiger partial charge in [-0.05, 0) is 224 Å². The van der Waals surface area contributed by atoms with Crippen LogP contribution in [-0.4, -0.2) is 55.5 Å². The van der Waals surface area contributed by atoms with E-state index < -0.39 is 51.2 Å². The molecule has 4 atom stereocenters. The maximum Gasteiger partial charge on any atom is 0.416 e. The molecule has 10 aromatic carbocycles. The van der Waals surface area contributed by atoms with Crippen LogP contribution in [0.5, 0.6) is 34.5 Å². The van der Waals surface area contributed by atoms with Crippen LogP contribution in [0.2, 0.25) is 5.02 Å². The number of hydrogen-bond donors (Lipinski definition) is 5. The van der Waals surface area contributed by atoms with Gasteiger partial charge in [0.05, 0.1) is 40.3 Å². The van der Waals surface area contributed by atoms with Gasteiger partial charge in [-0.2, -0.15) is 13.2 Å². The summed E-state index contributed by atoms with van der Waals surface area (Å²) in [4.78, 5) is 133. The molecule has 2 fully saturated rings. The summed E-state index contributed by atoms with van der Waals surface area (Å²) in [6.07, 6.45) is 3.70. The van der Waals surface area contributed by atoms with Gasteiger partial charge in [0.15, 0.2) is 56.7 Å². The second kappa shape index (κ2) is 39.0. The number of rotatable bonds is 14. The Kier molecular flexibility index (Phi) is 26.0. The van der Waals surface area contributed by atoms with E-state index in [-0.39, 0.29) is 160 Å². The van der Waals surface area contributed by atoms with E-state index in [9.17, 15) is 86.6 Å². The van der Waals surface area contributed by atoms with E-state index in [0.717, 1.165) is 165 Å². The van der Waals surface area contributed by atoms with Crippen molar-refractivity contribution in [3.63, 3.8) is 0 Å². The topological polar surface area (TPSA) is 371 Å². The van der Waals surface area contributed by atoms with Crippen LogP contribution in [0.1, 0.15) is 124 Å². The lowest BCUT2D eigenvalue weighted by Crippen LogP contribution is -2.26. The van der Waals surface area contributed by atoms with Crippen LogP contribution < -0.4 is 60.7 Å². The third kappa shape index (κ3) is 17.7. The zero-order chi connectivity index (χ0) is 103. The van der Waals surface area contributed by atoms with Crippen molar-refractivity contribution in [3.8, 4) is 34.5 Å². The number of pyridine rings is 5. The molecule has 10 aromatic heterocycles. The van der Waals surface area contributed by atoms with Gasteiger partial charge in [0.1, 0.15) is 57.2 Å². The summed E-state index contributed by atoms with van der Waals surface area (Å²) in [7, 11) is 1.55. The van der Waals surface area contributed by atoms with Crippen molar-refractivity contribution in [2.24, 2.45) is 5.92 Å². The Morgan fingerprint density at radius 2 is 0.701 bits per heavy atom. The fourth-order valence-corrected chi connectivity index (χ4v) is 25.1. The molecule has 0 saturated heterocycles. The summed E-state index contributed by atoms with van der Waals surface area (Å²) in [5.74, 6) is -0.813. The standard InChI is InChI=1S/C24H21NO4S.C23H19NO4S.C22H14F3NO4S.C22H17NO5S.C21H14ClNO4S/c1-14-7-6-10-16(13-14)30-22-20(26)19-21(29-24(22)28)17-11-4-5-12-18(17)25(23(19)27)15-8-2-3-9-15;1-13(14-11-12-14)24-17-10-6-5-9-16(17)20-18(22(24)26)19(25)21(23(27)28-20)29-15-7-3-2-4-8-15;1-10-8-11-4-2-7-14-16(11)26(10)20(28)15-17(27)19(21(29)30-18(14)15)31-13-6-3-5-12(9-13)22(23,24)25;1-11-9-12-5-3-8-15-17(12)23(11)21(25)16-18(24)20(22(26)28-19(15)16)29-14-7-4-6-13(10-14)27-2;1-10-8-11-4-2-7-14-16(11)23(10)20(25)15-17(24)19(21(26)27-18(14)15)28-13-6-3-5-12(22)9-13/h4-7,10-13,15,26H,2-3,8-9H2,1H3;2-10,13-14,25H,11-12H2,1H3;2-7,9-10,27H,8H2,1H3;3-8,10-11,24H,9H2,1-2H3;2-7,9-10,24H,8H2,1H3. The second-order valence-corrected chi connectivity index (χ2v) is 42.5. The summed E-state index contributed by atoms with van der Waals surface area (Å²) in [5.41, 5.74) is 1.92. The van der Waals surface area contributed by atoms with E-state index in [4.69, 9.17) is 38.4 Å². The third-order valence-corrected chi connectivity index (χ3v) is 32.7. The van der Waals surface area contributed by atoms with Gasteiger partial charge in [0.25, 0.3) is 27.8 Å². The summed E-state index contributed by atoms with van der Waals surface area (Å²) in [5, 5.41) is 58.5. The van der Waals surface area contributed by atoms with Crippen LogP contribution >= 0.6 is 70.4 Å². The van der Waals surface area contributed by atoms with Gasteiger partial charge in [-0.3, -0.25) is 24.0 Å². The molecule has 5 aliphatic rings. The maximum absolute atomic E-state index is 13.6. The molecule has 20 aromatic rings. The van der Waals surface area contributed by atoms with Crippen molar-refractivity contribution < 1.29 is 65.5 Å². The first-order chi connectivity index (χ1) is 70.7. The minimum atomic E-state index is -4.55. The molecule has 5 N–H and O–H groups in total. The fourth-order valence-electron chi connectivity index (χ4n) is 20.4. The molecule has 2 saturated carbocycles. The van der Waals surface area contributed by atoms with Gasteiger partial charge < -0.3 is 75.2 Å². The first kappa shape index (κ1) is 98.0. The number of para-hydroxylation sites is 5. The lowest BCUT2D eigenvalue weighted by Gasteiger charge is -2.19. The zero-order valence-corrected chi connectivity index (χ0v) is 83.7. The Bertz CT molecular complexity index is 9620. The van der Waals surface area contributed by atoms with Crippen molar-refractivity contribution in [1.82, 2.24) is 22.8 Å². The minimum absolute atomic E-state index is 0.00774. The van der Waals surface area contributed by atoms with Gasteiger partial charge in [0, 0.05) is 86.6 Å². The molecule has 13 heterocycles. The lowest BCUT2D eigenvalue weighted by molar-refractivity contribution is -0.137. The van der Waals surface area contributed by atoms with Crippen molar-refractivity contribution in [2.75, 3.05) is 7.11 Å². The minimum Gasteiger partial charge on any atom is -0.505 e. The Morgan fingerprint density at radius 1 is 0.367 bits per heavy atom. The zero-order valence-electron chi connectivity index (χ0n) is 78.8. The molecule has 0 bridgehead atoms. The van der Waals surface area contributed by atoms with Crippen LogP contribution in [0.25, 0.3) is 109 Å². The highest BCUT2D eigenvalue weighted by atomic mass is 35.5.